The first-order valence-electron chi connectivity index (χ1n) is 7.05. The van der Waals surface area contributed by atoms with E-state index in [2.05, 4.69) is 31.0 Å². The van der Waals surface area contributed by atoms with Crippen molar-refractivity contribution in [1.29, 1.82) is 0 Å². The molecule has 5 nitrogen and oxygen atoms in total. The third-order valence-electron chi connectivity index (χ3n) is 3.50. The molecule has 0 spiro atoms. The molecular formula is C16H21N3O2. The molecule has 1 aromatic carbocycles. The van der Waals surface area contributed by atoms with Gasteiger partial charge in [-0.1, -0.05) is 32.9 Å². The second kappa shape index (κ2) is 5.99. The van der Waals surface area contributed by atoms with Gasteiger partial charge in [0.1, 0.15) is 11.6 Å². The molecule has 112 valence electrons. The summed E-state index contributed by atoms with van der Waals surface area (Å²) in [7, 11) is 1.32. The number of nitrogens with two attached hydrogens (primary N) is 1. The maximum absolute atomic E-state index is 11.7. The van der Waals surface area contributed by atoms with Crippen molar-refractivity contribution in [3.05, 3.63) is 41.3 Å². The largest absolute Gasteiger partial charge is 0.464 e. The van der Waals surface area contributed by atoms with Gasteiger partial charge in [-0.25, -0.2) is 9.78 Å². The monoisotopic (exact) mass is 287 g/mol. The quantitative estimate of drug-likeness (QED) is 0.878. The molecule has 0 fully saturated rings. The molecule has 0 bridgehead atoms. The van der Waals surface area contributed by atoms with Gasteiger partial charge >= 0.3 is 5.97 Å². The maximum Gasteiger partial charge on any atom is 0.360 e. The zero-order valence-corrected chi connectivity index (χ0v) is 12.9. The third-order valence-corrected chi connectivity index (χ3v) is 3.50. The minimum atomic E-state index is -0.514. The fraction of sp³-hybridized carbons (Fsp3) is 0.375. The summed E-state index contributed by atoms with van der Waals surface area (Å²) in [5, 5.41) is 0. The summed E-state index contributed by atoms with van der Waals surface area (Å²) < 4.78 is 6.52. The summed E-state index contributed by atoms with van der Waals surface area (Å²) in [4.78, 5) is 16.0. The molecule has 0 unspecified atom stereocenters. The molecule has 1 heterocycles. The van der Waals surface area contributed by atoms with Crippen LogP contribution in [0.25, 0.3) is 5.69 Å². The summed E-state index contributed by atoms with van der Waals surface area (Å²) in [5.74, 6) is 1.01. The van der Waals surface area contributed by atoms with Gasteiger partial charge in [0.15, 0.2) is 5.69 Å². The molecule has 0 saturated carbocycles. The minimum Gasteiger partial charge on any atom is -0.464 e. The normalized spacial score (nSPS) is 10.9. The van der Waals surface area contributed by atoms with Gasteiger partial charge in [-0.05, 0) is 23.6 Å². The van der Waals surface area contributed by atoms with E-state index in [-0.39, 0.29) is 5.69 Å². The fourth-order valence-corrected chi connectivity index (χ4v) is 2.26. The molecule has 0 radical (unpaired) electrons. The Morgan fingerprint density at radius 2 is 1.95 bits per heavy atom. The number of hydrogen-bond donors (Lipinski definition) is 1. The van der Waals surface area contributed by atoms with Gasteiger partial charge in [0.2, 0.25) is 0 Å². The van der Waals surface area contributed by atoms with Crippen molar-refractivity contribution >= 4 is 11.8 Å². The molecule has 5 heteroatoms. The molecule has 2 rings (SSSR count). The van der Waals surface area contributed by atoms with E-state index in [0.29, 0.717) is 18.2 Å². The molecule has 2 aromatic rings. The fourth-order valence-electron chi connectivity index (χ4n) is 2.26. The van der Waals surface area contributed by atoms with E-state index in [1.807, 2.05) is 19.1 Å². The number of rotatable bonds is 4. The van der Waals surface area contributed by atoms with Crippen LogP contribution in [-0.4, -0.2) is 22.6 Å². The number of carbonyl (C=O) groups excluding carboxylic acids is 1. The first kappa shape index (κ1) is 15.1. The van der Waals surface area contributed by atoms with E-state index in [9.17, 15) is 4.79 Å². The number of benzene rings is 1. The highest BCUT2D eigenvalue weighted by Crippen LogP contribution is 2.24. The predicted octanol–water partition coefficient (Wildman–Crippen LogP) is 2.93. The first-order valence-corrected chi connectivity index (χ1v) is 7.05. The van der Waals surface area contributed by atoms with Gasteiger partial charge in [0.05, 0.1) is 7.11 Å². The lowest BCUT2D eigenvalue weighted by Crippen LogP contribution is -2.08. The molecule has 1 aromatic heterocycles. The van der Waals surface area contributed by atoms with Crippen LogP contribution in [-0.2, 0) is 11.2 Å². The highest BCUT2D eigenvalue weighted by Gasteiger charge is 2.21. The van der Waals surface area contributed by atoms with Crippen molar-refractivity contribution in [3.63, 3.8) is 0 Å². The van der Waals surface area contributed by atoms with Crippen molar-refractivity contribution in [2.24, 2.45) is 0 Å². The standard InChI is InChI=1S/C16H21N3O2/c1-5-13-18-14(16(20)21-4)15(17)19(13)12-8-6-11(7-9-12)10(2)3/h6-10H,5,17H2,1-4H3. The Balaban J connectivity index is 2.52. The van der Waals surface area contributed by atoms with Crippen LogP contribution in [0.5, 0.6) is 0 Å². The van der Waals surface area contributed by atoms with Crippen LogP contribution in [0.1, 0.15) is 48.6 Å². The van der Waals surface area contributed by atoms with Gasteiger partial charge in [0.25, 0.3) is 0 Å². The van der Waals surface area contributed by atoms with Crippen molar-refractivity contribution in [2.45, 2.75) is 33.1 Å². The number of carbonyl (C=O) groups is 1. The van der Waals surface area contributed by atoms with Crippen molar-refractivity contribution < 1.29 is 9.53 Å². The van der Waals surface area contributed by atoms with Gasteiger partial charge in [-0.3, -0.25) is 4.57 Å². The number of esters is 1. The third kappa shape index (κ3) is 2.77. The Labute approximate surface area is 124 Å². The smallest absolute Gasteiger partial charge is 0.360 e. The zero-order valence-electron chi connectivity index (χ0n) is 12.9. The van der Waals surface area contributed by atoms with Crippen LogP contribution in [0.3, 0.4) is 0 Å². The summed E-state index contributed by atoms with van der Waals surface area (Å²) in [6, 6.07) is 8.12. The Kier molecular flexibility index (Phi) is 4.31. The Bertz CT molecular complexity index is 642. The van der Waals surface area contributed by atoms with Gasteiger partial charge in [0, 0.05) is 12.1 Å². The maximum atomic E-state index is 11.7. The molecule has 0 atom stereocenters. The summed E-state index contributed by atoms with van der Waals surface area (Å²) in [5.41, 5.74) is 8.41. The number of nitrogens with zero attached hydrogens (tertiary/aromatic N) is 2. The summed E-state index contributed by atoms with van der Waals surface area (Å²) in [6.07, 6.45) is 0.674. The van der Waals surface area contributed by atoms with Gasteiger partial charge < -0.3 is 10.5 Å². The number of imidazole rings is 1. The lowest BCUT2D eigenvalue weighted by molar-refractivity contribution is 0.0596. The lowest BCUT2D eigenvalue weighted by Gasteiger charge is -2.11. The topological polar surface area (TPSA) is 70.1 Å². The minimum absolute atomic E-state index is 0.169. The number of aromatic nitrogens is 2. The Morgan fingerprint density at radius 1 is 1.33 bits per heavy atom. The highest BCUT2D eigenvalue weighted by molar-refractivity contribution is 5.92. The van der Waals surface area contributed by atoms with E-state index in [0.717, 1.165) is 11.5 Å². The first-order chi connectivity index (χ1) is 9.99. The zero-order chi connectivity index (χ0) is 15.6. The number of nitrogen functional groups attached to an aromatic ring is 1. The Hall–Kier alpha value is -2.30. The Morgan fingerprint density at radius 3 is 2.43 bits per heavy atom. The van der Waals surface area contributed by atoms with E-state index in [1.165, 1.54) is 12.7 Å². The lowest BCUT2D eigenvalue weighted by atomic mass is 10.0. The van der Waals surface area contributed by atoms with E-state index in [1.54, 1.807) is 4.57 Å². The van der Waals surface area contributed by atoms with Crippen LogP contribution in [0.4, 0.5) is 5.82 Å². The number of hydrogen-bond acceptors (Lipinski definition) is 4. The number of aryl methyl sites for hydroxylation is 1. The van der Waals surface area contributed by atoms with E-state index >= 15 is 0 Å². The molecule has 21 heavy (non-hydrogen) atoms. The van der Waals surface area contributed by atoms with Crippen LogP contribution in [0.15, 0.2) is 24.3 Å². The average Bonchev–Trinajstić information content (AvgIpc) is 2.83. The number of anilines is 1. The van der Waals surface area contributed by atoms with Crippen LogP contribution in [0.2, 0.25) is 0 Å². The molecular weight excluding hydrogens is 266 g/mol. The van der Waals surface area contributed by atoms with E-state index in [4.69, 9.17) is 10.5 Å². The molecule has 2 N–H and O–H groups in total. The molecule has 0 aliphatic heterocycles. The molecule has 0 aliphatic carbocycles. The average molecular weight is 287 g/mol. The van der Waals surface area contributed by atoms with Crippen molar-refractivity contribution in [1.82, 2.24) is 9.55 Å². The second-order valence-electron chi connectivity index (χ2n) is 5.19. The number of ether oxygens (including phenoxy) is 1. The second-order valence-corrected chi connectivity index (χ2v) is 5.19. The molecule has 0 aliphatic rings. The summed E-state index contributed by atoms with van der Waals surface area (Å²) >= 11 is 0. The van der Waals surface area contributed by atoms with Gasteiger partial charge in [-0.15, -0.1) is 0 Å². The van der Waals surface area contributed by atoms with Crippen LogP contribution in [0, 0.1) is 0 Å². The molecule has 0 amide bonds. The predicted molar refractivity (Wildman–Crippen MR) is 82.8 cm³/mol. The van der Waals surface area contributed by atoms with Crippen molar-refractivity contribution in [3.8, 4) is 5.69 Å². The van der Waals surface area contributed by atoms with Crippen LogP contribution < -0.4 is 5.73 Å². The highest BCUT2D eigenvalue weighted by atomic mass is 16.5. The van der Waals surface area contributed by atoms with Crippen LogP contribution >= 0.6 is 0 Å². The summed E-state index contributed by atoms with van der Waals surface area (Å²) in [6.45, 7) is 6.27. The SMILES string of the molecule is CCc1nc(C(=O)OC)c(N)n1-c1ccc(C(C)C)cc1. The molecule has 0 saturated heterocycles. The van der Waals surface area contributed by atoms with E-state index < -0.39 is 5.97 Å². The number of methoxy groups -OCH3 is 1. The van der Waals surface area contributed by atoms with Crippen molar-refractivity contribution in [2.75, 3.05) is 12.8 Å². The van der Waals surface area contributed by atoms with Gasteiger partial charge in [-0.2, -0.15) is 0 Å².